The van der Waals surface area contributed by atoms with Gasteiger partial charge in [0, 0.05) is 12.6 Å². The number of nitrogens with zero attached hydrogens (tertiary/aromatic N) is 2. The predicted octanol–water partition coefficient (Wildman–Crippen LogP) is 3.66. The summed E-state index contributed by atoms with van der Waals surface area (Å²) in [6.07, 6.45) is 4.76. The number of rotatable bonds is 5. The highest BCUT2D eigenvalue weighted by atomic mass is 16.4. The zero-order valence-corrected chi connectivity index (χ0v) is 12.7. The highest BCUT2D eigenvalue weighted by Gasteiger charge is 2.25. The van der Waals surface area contributed by atoms with Gasteiger partial charge in [0.1, 0.15) is 6.07 Å². The molecule has 0 aromatic heterocycles. The molecule has 21 heavy (non-hydrogen) atoms. The lowest BCUT2D eigenvalue weighted by Gasteiger charge is -2.33. The smallest absolute Gasteiger partial charge is 0.335 e. The van der Waals surface area contributed by atoms with E-state index in [1.807, 2.05) is 0 Å². The van der Waals surface area contributed by atoms with Crippen molar-refractivity contribution in [3.8, 4) is 6.07 Å². The van der Waals surface area contributed by atoms with Crippen LogP contribution in [0.3, 0.4) is 0 Å². The number of carboxylic acids is 1. The van der Waals surface area contributed by atoms with Gasteiger partial charge in [0.15, 0.2) is 0 Å². The fourth-order valence-electron chi connectivity index (χ4n) is 3.06. The molecule has 1 aliphatic carbocycles. The lowest BCUT2D eigenvalue weighted by atomic mass is 10.0. The van der Waals surface area contributed by atoms with Crippen LogP contribution in [0.15, 0.2) is 18.2 Å². The zero-order chi connectivity index (χ0) is 15.4. The molecule has 2 rings (SSSR count). The van der Waals surface area contributed by atoms with Crippen molar-refractivity contribution in [1.29, 1.82) is 5.26 Å². The first-order valence-corrected chi connectivity index (χ1v) is 7.57. The maximum absolute atomic E-state index is 11.1. The van der Waals surface area contributed by atoms with E-state index in [0.29, 0.717) is 17.5 Å². The maximum Gasteiger partial charge on any atom is 0.335 e. The molecule has 0 heterocycles. The highest BCUT2D eigenvalue weighted by molar-refractivity contribution is 5.89. The van der Waals surface area contributed by atoms with Gasteiger partial charge in [-0.15, -0.1) is 0 Å². The second kappa shape index (κ2) is 6.62. The summed E-state index contributed by atoms with van der Waals surface area (Å²) >= 11 is 0. The molecule has 1 aromatic carbocycles. The maximum atomic E-state index is 11.1. The lowest BCUT2D eigenvalue weighted by molar-refractivity contribution is 0.0697. The summed E-state index contributed by atoms with van der Waals surface area (Å²) in [6.45, 7) is 5.23. The van der Waals surface area contributed by atoms with Crippen LogP contribution in [-0.4, -0.2) is 23.7 Å². The van der Waals surface area contributed by atoms with Gasteiger partial charge in [-0.1, -0.05) is 26.7 Å². The normalized spacial score (nSPS) is 15.1. The van der Waals surface area contributed by atoms with Crippen molar-refractivity contribution in [2.75, 3.05) is 11.4 Å². The van der Waals surface area contributed by atoms with E-state index in [9.17, 15) is 10.1 Å². The third-order valence-electron chi connectivity index (χ3n) is 4.00. The SMILES string of the molecule is CC(C)CN(c1ccc(C(=O)O)cc1C#N)C1CCCC1. The third kappa shape index (κ3) is 3.55. The van der Waals surface area contributed by atoms with Crippen LogP contribution in [0.1, 0.15) is 55.5 Å². The Morgan fingerprint density at radius 2 is 2.10 bits per heavy atom. The van der Waals surface area contributed by atoms with E-state index in [2.05, 4.69) is 24.8 Å². The number of nitriles is 1. The van der Waals surface area contributed by atoms with E-state index in [-0.39, 0.29) is 5.56 Å². The molecule has 1 N–H and O–H groups in total. The molecule has 112 valence electrons. The molecular formula is C17H22N2O2. The Morgan fingerprint density at radius 3 is 2.62 bits per heavy atom. The number of hydrogen-bond acceptors (Lipinski definition) is 3. The van der Waals surface area contributed by atoms with Crippen LogP contribution in [0, 0.1) is 17.2 Å². The molecule has 0 radical (unpaired) electrons. The van der Waals surface area contributed by atoms with E-state index in [1.165, 1.54) is 18.9 Å². The first kappa shape index (κ1) is 15.4. The molecule has 4 heteroatoms. The fourth-order valence-corrected chi connectivity index (χ4v) is 3.06. The van der Waals surface area contributed by atoms with Gasteiger partial charge in [0.05, 0.1) is 16.8 Å². The summed E-state index contributed by atoms with van der Waals surface area (Å²) in [6, 6.07) is 7.51. The summed E-state index contributed by atoms with van der Waals surface area (Å²) in [5.74, 6) is -0.495. The van der Waals surface area contributed by atoms with Gasteiger partial charge >= 0.3 is 5.97 Å². The van der Waals surface area contributed by atoms with Crippen molar-refractivity contribution in [3.63, 3.8) is 0 Å². The first-order valence-electron chi connectivity index (χ1n) is 7.57. The van der Waals surface area contributed by atoms with Crippen LogP contribution >= 0.6 is 0 Å². The summed E-state index contributed by atoms with van der Waals surface area (Å²) in [5.41, 5.74) is 1.51. The predicted molar refractivity (Wildman–Crippen MR) is 82.6 cm³/mol. The lowest BCUT2D eigenvalue weighted by Crippen LogP contribution is -2.36. The number of anilines is 1. The Balaban J connectivity index is 2.39. The second-order valence-electron chi connectivity index (χ2n) is 6.13. The minimum Gasteiger partial charge on any atom is -0.478 e. The fraction of sp³-hybridized carbons (Fsp3) is 0.529. The molecule has 4 nitrogen and oxygen atoms in total. The molecule has 0 bridgehead atoms. The molecular weight excluding hydrogens is 264 g/mol. The van der Waals surface area contributed by atoms with Crippen molar-refractivity contribution in [2.24, 2.45) is 5.92 Å². The molecule has 0 atom stereocenters. The van der Waals surface area contributed by atoms with E-state index >= 15 is 0 Å². The van der Waals surface area contributed by atoms with Crippen molar-refractivity contribution in [2.45, 2.75) is 45.6 Å². The van der Waals surface area contributed by atoms with Crippen LogP contribution in [-0.2, 0) is 0 Å². The van der Waals surface area contributed by atoms with E-state index in [1.54, 1.807) is 12.1 Å². The Hall–Kier alpha value is -2.02. The third-order valence-corrected chi connectivity index (χ3v) is 4.00. The van der Waals surface area contributed by atoms with Gasteiger partial charge in [-0.05, 0) is 37.0 Å². The Morgan fingerprint density at radius 1 is 1.43 bits per heavy atom. The monoisotopic (exact) mass is 286 g/mol. The number of carboxylic acid groups (broad SMARTS) is 1. The van der Waals surface area contributed by atoms with Crippen LogP contribution in [0.4, 0.5) is 5.69 Å². The molecule has 0 aliphatic heterocycles. The van der Waals surface area contributed by atoms with Gasteiger partial charge in [-0.2, -0.15) is 5.26 Å². The molecule has 0 spiro atoms. The van der Waals surface area contributed by atoms with Crippen LogP contribution in [0.5, 0.6) is 0 Å². The highest BCUT2D eigenvalue weighted by Crippen LogP contribution is 2.31. The average Bonchev–Trinajstić information content (AvgIpc) is 2.97. The standard InChI is InChI=1S/C17H22N2O2/c1-12(2)11-19(15-5-3-4-6-15)16-8-7-13(17(20)21)9-14(16)10-18/h7-9,12,15H,3-6,11H2,1-2H3,(H,20,21). The van der Waals surface area contributed by atoms with Crippen molar-refractivity contribution in [1.82, 2.24) is 0 Å². The van der Waals surface area contributed by atoms with E-state index < -0.39 is 5.97 Å². The Labute approximate surface area is 126 Å². The molecule has 0 amide bonds. The van der Waals surface area contributed by atoms with Crippen LogP contribution in [0.25, 0.3) is 0 Å². The number of benzene rings is 1. The van der Waals surface area contributed by atoms with Gasteiger partial charge in [0.2, 0.25) is 0 Å². The molecule has 1 fully saturated rings. The Bertz CT molecular complexity index is 554. The van der Waals surface area contributed by atoms with E-state index in [0.717, 1.165) is 25.1 Å². The first-order chi connectivity index (χ1) is 10.0. The zero-order valence-electron chi connectivity index (χ0n) is 12.7. The average molecular weight is 286 g/mol. The van der Waals surface area contributed by atoms with Gasteiger partial charge in [-0.3, -0.25) is 0 Å². The van der Waals surface area contributed by atoms with Gasteiger partial charge in [0.25, 0.3) is 0 Å². The Kier molecular flexibility index (Phi) is 4.85. The van der Waals surface area contributed by atoms with E-state index in [4.69, 9.17) is 5.11 Å². The number of carbonyl (C=O) groups is 1. The second-order valence-corrected chi connectivity index (χ2v) is 6.13. The quantitative estimate of drug-likeness (QED) is 0.897. The molecule has 1 aromatic rings. The van der Waals surface area contributed by atoms with Crippen molar-refractivity contribution in [3.05, 3.63) is 29.3 Å². The summed E-state index contributed by atoms with van der Waals surface area (Å²) < 4.78 is 0. The molecule has 1 aliphatic rings. The van der Waals surface area contributed by atoms with Crippen LogP contribution in [0.2, 0.25) is 0 Å². The number of hydrogen-bond donors (Lipinski definition) is 1. The minimum atomic E-state index is -0.991. The summed E-state index contributed by atoms with van der Waals surface area (Å²) in [5, 5.41) is 18.4. The number of aromatic carboxylic acids is 1. The molecule has 0 saturated heterocycles. The van der Waals surface area contributed by atoms with Crippen molar-refractivity contribution < 1.29 is 9.90 Å². The minimum absolute atomic E-state index is 0.172. The summed E-state index contributed by atoms with van der Waals surface area (Å²) in [7, 11) is 0. The molecule has 0 unspecified atom stereocenters. The van der Waals surface area contributed by atoms with Gasteiger partial charge in [-0.25, -0.2) is 4.79 Å². The van der Waals surface area contributed by atoms with Crippen LogP contribution < -0.4 is 4.90 Å². The largest absolute Gasteiger partial charge is 0.478 e. The van der Waals surface area contributed by atoms with Gasteiger partial charge < -0.3 is 10.0 Å². The summed E-state index contributed by atoms with van der Waals surface area (Å²) in [4.78, 5) is 13.4. The van der Waals surface area contributed by atoms with Crippen molar-refractivity contribution >= 4 is 11.7 Å². The molecule has 1 saturated carbocycles. The topological polar surface area (TPSA) is 64.3 Å².